The van der Waals surface area contributed by atoms with Gasteiger partial charge in [0.25, 0.3) is 0 Å². The number of hydrogen-bond donors (Lipinski definition) is 1. The molecule has 0 bridgehead atoms. The first-order valence-electron chi connectivity index (χ1n) is 9.82. The molecule has 29 heavy (non-hydrogen) atoms. The van der Waals surface area contributed by atoms with Crippen LogP contribution in [0.4, 0.5) is 9.59 Å². The van der Waals surface area contributed by atoms with Crippen molar-refractivity contribution in [3.05, 3.63) is 35.9 Å². The van der Waals surface area contributed by atoms with E-state index in [1.165, 1.54) is 4.90 Å². The molecule has 2 rings (SSSR count). The smallest absolute Gasteiger partial charge is 0.410 e. The van der Waals surface area contributed by atoms with Crippen molar-refractivity contribution in [2.45, 2.75) is 64.8 Å². The van der Waals surface area contributed by atoms with Crippen molar-refractivity contribution in [3.63, 3.8) is 0 Å². The Labute approximate surface area is 171 Å². The van der Waals surface area contributed by atoms with Gasteiger partial charge in [-0.25, -0.2) is 9.59 Å². The van der Waals surface area contributed by atoms with Gasteiger partial charge in [0, 0.05) is 6.54 Å². The molecular formula is C21H30N2O6. The third-order valence-corrected chi connectivity index (χ3v) is 4.37. The van der Waals surface area contributed by atoms with Crippen LogP contribution >= 0.6 is 0 Å². The van der Waals surface area contributed by atoms with Gasteiger partial charge in [0.15, 0.2) is 0 Å². The number of rotatable bonds is 6. The molecule has 2 unspecified atom stereocenters. The van der Waals surface area contributed by atoms with Crippen molar-refractivity contribution >= 4 is 18.2 Å². The molecule has 0 saturated carbocycles. The van der Waals surface area contributed by atoms with Crippen LogP contribution in [-0.2, 0) is 25.6 Å². The van der Waals surface area contributed by atoms with E-state index in [-0.39, 0.29) is 19.6 Å². The van der Waals surface area contributed by atoms with E-state index in [1.807, 2.05) is 30.3 Å². The second kappa shape index (κ2) is 10.1. The summed E-state index contributed by atoms with van der Waals surface area (Å²) in [5, 5.41) is 2.77. The van der Waals surface area contributed by atoms with Crippen molar-refractivity contribution in [1.82, 2.24) is 10.2 Å². The Morgan fingerprint density at radius 3 is 2.45 bits per heavy atom. The largest absolute Gasteiger partial charge is 0.466 e. The van der Waals surface area contributed by atoms with Crippen LogP contribution in [0.3, 0.4) is 0 Å². The third-order valence-electron chi connectivity index (χ3n) is 4.37. The molecule has 0 aromatic heterocycles. The molecular weight excluding hydrogens is 376 g/mol. The Kier molecular flexibility index (Phi) is 7.87. The van der Waals surface area contributed by atoms with Gasteiger partial charge in [-0.15, -0.1) is 0 Å². The van der Waals surface area contributed by atoms with E-state index in [4.69, 9.17) is 14.2 Å². The number of likely N-dealkylation sites (tertiary alicyclic amines) is 1. The van der Waals surface area contributed by atoms with Crippen LogP contribution in [0.15, 0.2) is 30.3 Å². The number of nitrogens with one attached hydrogen (secondary N) is 1. The molecule has 1 saturated heterocycles. The normalized spacial score (nSPS) is 18.8. The number of ether oxygens (including phenoxy) is 3. The maximum atomic E-state index is 12.6. The lowest BCUT2D eigenvalue weighted by Gasteiger charge is -2.28. The highest BCUT2D eigenvalue weighted by Crippen LogP contribution is 2.23. The zero-order chi connectivity index (χ0) is 21.4. The number of alkyl carbamates (subject to hydrolysis) is 1. The minimum atomic E-state index is -0.645. The summed E-state index contributed by atoms with van der Waals surface area (Å²) >= 11 is 0. The van der Waals surface area contributed by atoms with Crippen molar-refractivity contribution in [2.24, 2.45) is 0 Å². The number of nitrogens with zero attached hydrogens (tertiary/aromatic N) is 1. The fourth-order valence-corrected chi connectivity index (χ4v) is 3.15. The summed E-state index contributed by atoms with van der Waals surface area (Å²) in [6, 6.07) is 8.34. The topological polar surface area (TPSA) is 94.2 Å². The summed E-state index contributed by atoms with van der Waals surface area (Å²) in [7, 11) is 0. The van der Waals surface area contributed by atoms with Crippen molar-refractivity contribution < 1.29 is 28.6 Å². The zero-order valence-electron chi connectivity index (χ0n) is 17.5. The molecule has 8 heteroatoms. The van der Waals surface area contributed by atoms with Crippen molar-refractivity contribution in [2.75, 3.05) is 13.2 Å². The van der Waals surface area contributed by atoms with Crippen LogP contribution in [0.1, 0.15) is 46.1 Å². The molecule has 0 aliphatic carbocycles. The molecule has 2 amide bonds. The average molecular weight is 406 g/mol. The first-order valence-corrected chi connectivity index (χ1v) is 9.82. The third kappa shape index (κ3) is 7.29. The molecule has 1 fully saturated rings. The second-order valence-corrected chi connectivity index (χ2v) is 7.85. The molecule has 1 aliphatic rings. The van der Waals surface area contributed by atoms with Gasteiger partial charge in [0.05, 0.1) is 25.1 Å². The molecule has 8 nitrogen and oxygen atoms in total. The Balaban J connectivity index is 2.03. The molecule has 1 aromatic carbocycles. The summed E-state index contributed by atoms with van der Waals surface area (Å²) in [5.74, 6) is -0.434. The Bertz CT molecular complexity index is 701. The van der Waals surface area contributed by atoms with E-state index < -0.39 is 35.8 Å². The fraction of sp³-hybridized carbons (Fsp3) is 0.571. The van der Waals surface area contributed by atoms with Crippen LogP contribution < -0.4 is 5.32 Å². The fourth-order valence-electron chi connectivity index (χ4n) is 3.15. The molecule has 1 aliphatic heterocycles. The maximum absolute atomic E-state index is 12.6. The summed E-state index contributed by atoms with van der Waals surface area (Å²) in [6.07, 6.45) is -0.661. The van der Waals surface area contributed by atoms with E-state index in [0.29, 0.717) is 13.0 Å². The van der Waals surface area contributed by atoms with Gasteiger partial charge in [0.1, 0.15) is 12.2 Å². The van der Waals surface area contributed by atoms with E-state index in [9.17, 15) is 14.4 Å². The van der Waals surface area contributed by atoms with Gasteiger partial charge in [0.2, 0.25) is 0 Å². The van der Waals surface area contributed by atoms with Gasteiger partial charge in [-0.2, -0.15) is 0 Å². The number of amides is 2. The van der Waals surface area contributed by atoms with Crippen LogP contribution in [0.25, 0.3) is 0 Å². The average Bonchev–Trinajstić information content (AvgIpc) is 3.01. The highest BCUT2D eigenvalue weighted by atomic mass is 16.6. The lowest BCUT2D eigenvalue weighted by Crippen LogP contribution is -2.49. The highest BCUT2D eigenvalue weighted by Gasteiger charge is 2.41. The monoisotopic (exact) mass is 406 g/mol. The predicted molar refractivity (Wildman–Crippen MR) is 106 cm³/mol. The molecule has 1 N–H and O–H groups in total. The summed E-state index contributed by atoms with van der Waals surface area (Å²) < 4.78 is 15.7. The van der Waals surface area contributed by atoms with Gasteiger partial charge in [-0.1, -0.05) is 30.3 Å². The van der Waals surface area contributed by atoms with Crippen LogP contribution in [0, 0.1) is 0 Å². The molecule has 1 heterocycles. The van der Waals surface area contributed by atoms with Gasteiger partial charge < -0.3 is 24.4 Å². The summed E-state index contributed by atoms with van der Waals surface area (Å²) in [5.41, 5.74) is 0.221. The van der Waals surface area contributed by atoms with E-state index in [0.717, 1.165) is 5.56 Å². The Morgan fingerprint density at radius 2 is 1.83 bits per heavy atom. The van der Waals surface area contributed by atoms with Gasteiger partial charge in [-0.3, -0.25) is 4.79 Å². The Hall–Kier alpha value is -2.77. The molecule has 0 radical (unpaired) electrons. The first kappa shape index (κ1) is 22.5. The standard InChI is InChI=1S/C21H30N2O6/c1-5-27-18(24)13-17-16(22-19(25)29-21(2,3)4)11-12-23(17)20(26)28-14-15-9-7-6-8-10-15/h6-10,16-17H,5,11-14H2,1-4H3,(H,22,25). The number of benzene rings is 1. The molecule has 2 atom stereocenters. The van der Waals surface area contributed by atoms with E-state index in [1.54, 1.807) is 27.7 Å². The number of carbonyl (C=O) groups excluding carboxylic acids is 3. The van der Waals surface area contributed by atoms with Crippen molar-refractivity contribution in [1.29, 1.82) is 0 Å². The first-order chi connectivity index (χ1) is 13.7. The van der Waals surface area contributed by atoms with Gasteiger partial charge in [-0.05, 0) is 39.7 Å². The van der Waals surface area contributed by atoms with Crippen LogP contribution in [0.2, 0.25) is 0 Å². The predicted octanol–water partition coefficient (Wildman–Crippen LogP) is 3.24. The number of hydrogen-bond acceptors (Lipinski definition) is 6. The molecule has 160 valence electrons. The molecule has 0 spiro atoms. The van der Waals surface area contributed by atoms with Gasteiger partial charge >= 0.3 is 18.2 Å². The minimum Gasteiger partial charge on any atom is -0.466 e. The summed E-state index contributed by atoms with van der Waals surface area (Å²) in [4.78, 5) is 38.3. The van der Waals surface area contributed by atoms with Crippen molar-refractivity contribution in [3.8, 4) is 0 Å². The lowest BCUT2D eigenvalue weighted by atomic mass is 10.1. The van der Waals surface area contributed by atoms with E-state index in [2.05, 4.69) is 5.32 Å². The minimum absolute atomic E-state index is 0.0330. The molecule has 1 aromatic rings. The maximum Gasteiger partial charge on any atom is 0.410 e. The Morgan fingerprint density at radius 1 is 1.14 bits per heavy atom. The zero-order valence-corrected chi connectivity index (χ0v) is 17.5. The van der Waals surface area contributed by atoms with E-state index >= 15 is 0 Å². The lowest BCUT2D eigenvalue weighted by molar-refractivity contribution is -0.144. The van der Waals surface area contributed by atoms with Crippen LogP contribution in [0.5, 0.6) is 0 Å². The quantitative estimate of drug-likeness (QED) is 0.576. The summed E-state index contributed by atoms with van der Waals surface area (Å²) in [6.45, 7) is 7.76. The highest BCUT2D eigenvalue weighted by molar-refractivity contribution is 5.74. The second-order valence-electron chi connectivity index (χ2n) is 7.85. The number of esters is 1. The SMILES string of the molecule is CCOC(=O)CC1C(NC(=O)OC(C)(C)C)CCN1C(=O)OCc1ccccc1. The number of carbonyl (C=O) groups is 3. The van der Waals surface area contributed by atoms with Crippen LogP contribution in [-0.4, -0.2) is 53.9 Å².